The largest absolute Gasteiger partial charge is 0.466 e. The van der Waals surface area contributed by atoms with Gasteiger partial charge in [-0.15, -0.1) is 0 Å². The van der Waals surface area contributed by atoms with E-state index in [1.54, 1.807) is 48.5 Å². The van der Waals surface area contributed by atoms with E-state index in [9.17, 15) is 13.2 Å². The Morgan fingerprint density at radius 2 is 1.82 bits per heavy atom. The van der Waals surface area contributed by atoms with Crippen LogP contribution in [0.25, 0.3) is 6.08 Å². The van der Waals surface area contributed by atoms with Crippen molar-refractivity contribution >= 4 is 27.8 Å². The van der Waals surface area contributed by atoms with Crippen LogP contribution in [0.5, 0.6) is 0 Å². The number of nitrogens with one attached hydrogen (secondary N) is 1. The first-order valence-corrected chi connectivity index (χ1v) is 7.93. The van der Waals surface area contributed by atoms with E-state index in [4.69, 9.17) is 0 Å². The summed E-state index contributed by atoms with van der Waals surface area (Å²) in [5, 5.41) is 0. The van der Waals surface area contributed by atoms with E-state index in [-0.39, 0.29) is 4.90 Å². The molecule has 0 aromatic heterocycles. The Kier molecular flexibility index (Phi) is 4.95. The molecule has 6 heteroatoms. The highest BCUT2D eigenvalue weighted by molar-refractivity contribution is 7.92. The molecule has 0 aliphatic carbocycles. The van der Waals surface area contributed by atoms with Crippen molar-refractivity contribution < 1.29 is 17.9 Å². The third kappa shape index (κ3) is 4.20. The van der Waals surface area contributed by atoms with Crippen LogP contribution in [0.2, 0.25) is 0 Å². The van der Waals surface area contributed by atoms with Crippen LogP contribution in [0.15, 0.2) is 65.6 Å². The first-order chi connectivity index (χ1) is 10.5. The van der Waals surface area contributed by atoms with E-state index in [0.29, 0.717) is 11.3 Å². The maximum absolute atomic E-state index is 12.2. The summed E-state index contributed by atoms with van der Waals surface area (Å²) in [7, 11) is -2.34. The molecule has 22 heavy (non-hydrogen) atoms. The fourth-order valence-corrected chi connectivity index (χ4v) is 2.82. The summed E-state index contributed by atoms with van der Waals surface area (Å²) in [6.07, 6.45) is 2.82. The quantitative estimate of drug-likeness (QED) is 0.680. The molecule has 0 aliphatic rings. The fraction of sp³-hybridized carbons (Fsp3) is 0.0625. The Labute approximate surface area is 129 Å². The zero-order valence-electron chi connectivity index (χ0n) is 11.9. The molecule has 2 aromatic rings. The predicted molar refractivity (Wildman–Crippen MR) is 84.7 cm³/mol. The molecular formula is C16H15NO4S. The van der Waals surface area contributed by atoms with Gasteiger partial charge in [-0.1, -0.05) is 30.3 Å². The van der Waals surface area contributed by atoms with Gasteiger partial charge in [-0.05, 0) is 35.9 Å². The van der Waals surface area contributed by atoms with Gasteiger partial charge in [0.2, 0.25) is 0 Å². The lowest BCUT2D eigenvalue weighted by molar-refractivity contribution is -0.134. The van der Waals surface area contributed by atoms with Gasteiger partial charge in [0.05, 0.1) is 12.0 Å². The third-order valence-corrected chi connectivity index (χ3v) is 4.20. The number of ether oxygens (including phenoxy) is 1. The van der Waals surface area contributed by atoms with Crippen molar-refractivity contribution in [3.63, 3.8) is 0 Å². The number of methoxy groups -OCH3 is 1. The van der Waals surface area contributed by atoms with Gasteiger partial charge >= 0.3 is 5.97 Å². The molecule has 2 aromatic carbocycles. The first kappa shape index (κ1) is 15.8. The number of hydrogen-bond acceptors (Lipinski definition) is 4. The zero-order valence-corrected chi connectivity index (χ0v) is 12.7. The van der Waals surface area contributed by atoms with Crippen molar-refractivity contribution in [2.24, 2.45) is 0 Å². The molecule has 0 atom stereocenters. The van der Waals surface area contributed by atoms with Crippen LogP contribution in [0.1, 0.15) is 5.56 Å². The lowest BCUT2D eigenvalue weighted by Crippen LogP contribution is -2.12. The van der Waals surface area contributed by atoms with E-state index >= 15 is 0 Å². The summed E-state index contributed by atoms with van der Waals surface area (Å²) < 4.78 is 31.4. The normalized spacial score (nSPS) is 11.3. The van der Waals surface area contributed by atoms with Gasteiger partial charge in [0.1, 0.15) is 0 Å². The van der Waals surface area contributed by atoms with Gasteiger partial charge in [0.25, 0.3) is 10.0 Å². The number of benzene rings is 2. The minimum absolute atomic E-state index is 0.186. The summed E-state index contributed by atoms with van der Waals surface area (Å²) in [5.74, 6) is -0.477. The van der Waals surface area contributed by atoms with Crippen molar-refractivity contribution in [1.29, 1.82) is 0 Å². The monoisotopic (exact) mass is 317 g/mol. The average Bonchev–Trinajstić information content (AvgIpc) is 2.53. The van der Waals surface area contributed by atoms with Crippen LogP contribution >= 0.6 is 0 Å². The second-order valence-corrected chi connectivity index (χ2v) is 6.08. The number of sulfonamides is 1. The Hall–Kier alpha value is -2.60. The van der Waals surface area contributed by atoms with Crippen LogP contribution in [-0.2, 0) is 19.6 Å². The molecule has 0 unspecified atom stereocenters. The number of carbonyl (C=O) groups is 1. The molecular weight excluding hydrogens is 302 g/mol. The van der Waals surface area contributed by atoms with Gasteiger partial charge in [-0.3, -0.25) is 4.72 Å². The van der Waals surface area contributed by atoms with Crippen LogP contribution < -0.4 is 4.72 Å². The second-order valence-electron chi connectivity index (χ2n) is 4.40. The molecule has 114 valence electrons. The van der Waals surface area contributed by atoms with Crippen molar-refractivity contribution in [2.75, 3.05) is 11.8 Å². The van der Waals surface area contributed by atoms with Gasteiger partial charge in [-0.2, -0.15) is 0 Å². The second kappa shape index (κ2) is 6.91. The maximum Gasteiger partial charge on any atom is 0.330 e. The van der Waals surface area contributed by atoms with E-state index in [0.717, 1.165) is 0 Å². The lowest BCUT2D eigenvalue weighted by atomic mass is 10.2. The van der Waals surface area contributed by atoms with E-state index in [2.05, 4.69) is 9.46 Å². The SMILES string of the molecule is COC(=O)/C=C/c1cccc(NS(=O)(=O)c2ccccc2)c1. The van der Waals surface area contributed by atoms with Crippen molar-refractivity contribution in [2.45, 2.75) is 4.90 Å². The van der Waals surface area contributed by atoms with E-state index in [1.165, 1.54) is 25.3 Å². The molecule has 0 saturated carbocycles. The Bertz CT molecular complexity index is 783. The minimum Gasteiger partial charge on any atom is -0.466 e. The Morgan fingerprint density at radius 1 is 1.09 bits per heavy atom. The molecule has 1 N–H and O–H groups in total. The smallest absolute Gasteiger partial charge is 0.330 e. The average molecular weight is 317 g/mol. The van der Waals surface area contributed by atoms with Gasteiger partial charge in [-0.25, -0.2) is 13.2 Å². The van der Waals surface area contributed by atoms with E-state index < -0.39 is 16.0 Å². The van der Waals surface area contributed by atoms with Crippen LogP contribution in [0.4, 0.5) is 5.69 Å². The number of esters is 1. The summed E-state index contributed by atoms with van der Waals surface area (Å²) in [6.45, 7) is 0. The number of anilines is 1. The molecule has 0 radical (unpaired) electrons. The molecule has 5 nitrogen and oxygen atoms in total. The number of carbonyl (C=O) groups excluding carboxylic acids is 1. The topological polar surface area (TPSA) is 72.5 Å². The summed E-state index contributed by atoms with van der Waals surface area (Å²) in [4.78, 5) is 11.2. The van der Waals surface area contributed by atoms with E-state index in [1.807, 2.05) is 0 Å². The van der Waals surface area contributed by atoms with Crippen LogP contribution in [-0.4, -0.2) is 21.5 Å². The Morgan fingerprint density at radius 3 is 2.50 bits per heavy atom. The van der Waals surface area contributed by atoms with Crippen LogP contribution in [0.3, 0.4) is 0 Å². The van der Waals surface area contributed by atoms with Gasteiger partial charge < -0.3 is 4.74 Å². The maximum atomic E-state index is 12.2. The highest BCUT2D eigenvalue weighted by Gasteiger charge is 2.13. The van der Waals surface area contributed by atoms with Crippen molar-refractivity contribution in [3.8, 4) is 0 Å². The summed E-state index contributed by atoms with van der Waals surface area (Å²) in [5.41, 5.74) is 1.09. The molecule has 0 heterocycles. The molecule has 0 bridgehead atoms. The summed E-state index contributed by atoms with van der Waals surface area (Å²) >= 11 is 0. The molecule has 0 fully saturated rings. The summed E-state index contributed by atoms with van der Waals surface area (Å²) in [6, 6.07) is 14.8. The van der Waals surface area contributed by atoms with Crippen molar-refractivity contribution in [3.05, 3.63) is 66.2 Å². The van der Waals surface area contributed by atoms with Gasteiger partial charge in [0, 0.05) is 11.8 Å². The Balaban J connectivity index is 2.20. The first-order valence-electron chi connectivity index (χ1n) is 6.45. The lowest BCUT2D eigenvalue weighted by Gasteiger charge is -2.08. The highest BCUT2D eigenvalue weighted by atomic mass is 32.2. The molecule has 0 aliphatic heterocycles. The number of rotatable bonds is 5. The fourth-order valence-electron chi connectivity index (χ4n) is 1.75. The molecule has 0 saturated heterocycles. The zero-order chi connectivity index (χ0) is 16.0. The van der Waals surface area contributed by atoms with Crippen LogP contribution in [0, 0.1) is 0 Å². The number of hydrogen-bond donors (Lipinski definition) is 1. The third-order valence-electron chi connectivity index (χ3n) is 2.81. The minimum atomic E-state index is -3.63. The molecule has 0 amide bonds. The predicted octanol–water partition coefficient (Wildman–Crippen LogP) is 2.67. The standard InChI is InChI=1S/C16H15NO4S/c1-21-16(18)11-10-13-6-5-7-14(12-13)17-22(19,20)15-8-3-2-4-9-15/h2-12,17H,1H3/b11-10+. The molecule has 0 spiro atoms. The van der Waals surface area contributed by atoms with Gasteiger partial charge in [0.15, 0.2) is 0 Å². The van der Waals surface area contributed by atoms with Crippen molar-refractivity contribution in [1.82, 2.24) is 0 Å². The molecule has 2 rings (SSSR count). The highest BCUT2D eigenvalue weighted by Crippen LogP contribution is 2.17.